The minimum absolute atomic E-state index is 0.0578. The third-order valence-corrected chi connectivity index (χ3v) is 5.31. The number of likely N-dealkylation sites (tertiary alicyclic amines) is 1. The molecule has 0 spiro atoms. The van der Waals surface area contributed by atoms with Gasteiger partial charge in [-0.25, -0.2) is 0 Å². The van der Waals surface area contributed by atoms with E-state index in [1.807, 2.05) is 28.5 Å². The number of piperidine rings is 1. The van der Waals surface area contributed by atoms with Gasteiger partial charge in [0.05, 0.1) is 0 Å². The number of Topliss-reactive ketones (excluding diaryl/α,β-unsaturated/α-hetero) is 1. The number of nitrogens with zero attached hydrogens (tertiary/aromatic N) is 2. The number of carbonyl (C=O) groups is 2. The van der Waals surface area contributed by atoms with E-state index < -0.39 is 0 Å². The summed E-state index contributed by atoms with van der Waals surface area (Å²) in [6.45, 7) is 5.67. The molecular formula is C19H26N2O3. The van der Waals surface area contributed by atoms with Crippen molar-refractivity contribution in [3.63, 3.8) is 0 Å². The Morgan fingerprint density at radius 1 is 1.25 bits per heavy atom. The number of rotatable bonds is 5. The van der Waals surface area contributed by atoms with Crippen molar-refractivity contribution in [2.45, 2.75) is 52.0 Å². The summed E-state index contributed by atoms with van der Waals surface area (Å²) in [5.41, 5.74) is 1.11. The number of ketones is 1. The summed E-state index contributed by atoms with van der Waals surface area (Å²) in [6, 6.07) is 5.43. The van der Waals surface area contributed by atoms with E-state index in [9.17, 15) is 14.4 Å². The van der Waals surface area contributed by atoms with Crippen molar-refractivity contribution in [2.75, 3.05) is 13.1 Å². The summed E-state index contributed by atoms with van der Waals surface area (Å²) in [5.74, 6) is 0.573. The van der Waals surface area contributed by atoms with Gasteiger partial charge in [-0.15, -0.1) is 0 Å². The number of amides is 1. The van der Waals surface area contributed by atoms with Crippen LogP contribution in [0.1, 0.15) is 51.1 Å². The smallest absolute Gasteiger partial charge is 0.250 e. The topological polar surface area (TPSA) is 59.4 Å². The molecule has 1 saturated heterocycles. The molecule has 0 aliphatic carbocycles. The maximum atomic E-state index is 12.9. The van der Waals surface area contributed by atoms with Crippen LogP contribution in [0.2, 0.25) is 0 Å². The largest absolute Gasteiger partial charge is 0.341 e. The van der Waals surface area contributed by atoms with E-state index in [0.29, 0.717) is 32.0 Å². The molecule has 1 aromatic heterocycles. The molecule has 0 aromatic carbocycles. The molecule has 1 aromatic rings. The second-order valence-electron chi connectivity index (χ2n) is 7.33. The van der Waals surface area contributed by atoms with Crippen molar-refractivity contribution in [2.24, 2.45) is 11.8 Å². The number of fused-ring (bicyclic) bond motifs is 4. The number of pyridine rings is 1. The highest BCUT2D eigenvalue weighted by molar-refractivity contribution is 5.85. The highest BCUT2D eigenvalue weighted by atomic mass is 16.2. The van der Waals surface area contributed by atoms with Crippen molar-refractivity contribution in [3.8, 4) is 0 Å². The molecule has 5 nitrogen and oxygen atoms in total. The standard InChI is InChI=1S/C19H26N2O3/c1-3-5-15(8-13(2)22)19(24)20-10-14-9-16(12-20)17-6-4-7-18(23)21(17)11-14/h4,6-7,14-16H,3,5,8-12H2,1-2H3/t14-,15?,16+/m1/s1. The van der Waals surface area contributed by atoms with Crippen molar-refractivity contribution in [1.29, 1.82) is 0 Å². The SMILES string of the molecule is CCCC(CC(C)=O)C(=O)N1C[C@H]2C[C@@H](C1)c1cccc(=O)n1C2. The van der Waals surface area contributed by atoms with Crippen LogP contribution in [0.3, 0.4) is 0 Å². The molecule has 0 radical (unpaired) electrons. The minimum atomic E-state index is -0.190. The van der Waals surface area contributed by atoms with E-state index in [1.165, 1.54) is 0 Å². The first-order valence-corrected chi connectivity index (χ1v) is 8.97. The fourth-order valence-electron chi connectivity index (χ4n) is 4.34. The molecule has 1 unspecified atom stereocenters. The Kier molecular flexibility index (Phi) is 4.88. The lowest BCUT2D eigenvalue weighted by atomic mass is 9.82. The fraction of sp³-hybridized carbons (Fsp3) is 0.632. The molecule has 0 N–H and O–H groups in total. The Bertz CT molecular complexity index is 694. The average molecular weight is 330 g/mol. The zero-order valence-electron chi connectivity index (χ0n) is 14.5. The van der Waals surface area contributed by atoms with Gasteiger partial charge in [0.25, 0.3) is 5.56 Å². The summed E-state index contributed by atoms with van der Waals surface area (Å²) < 4.78 is 1.87. The van der Waals surface area contributed by atoms with E-state index in [1.54, 1.807) is 13.0 Å². The zero-order valence-corrected chi connectivity index (χ0v) is 14.5. The summed E-state index contributed by atoms with van der Waals surface area (Å²) >= 11 is 0. The summed E-state index contributed by atoms with van der Waals surface area (Å²) in [4.78, 5) is 38.5. The maximum Gasteiger partial charge on any atom is 0.250 e. The van der Waals surface area contributed by atoms with Gasteiger partial charge < -0.3 is 14.3 Å². The zero-order chi connectivity index (χ0) is 17.3. The van der Waals surface area contributed by atoms with Crippen molar-refractivity contribution in [1.82, 2.24) is 9.47 Å². The molecule has 2 aliphatic heterocycles. The quantitative estimate of drug-likeness (QED) is 0.831. The Hall–Kier alpha value is -1.91. The van der Waals surface area contributed by atoms with Gasteiger partial charge in [-0.05, 0) is 31.7 Å². The van der Waals surface area contributed by atoms with Crippen LogP contribution in [0.15, 0.2) is 23.0 Å². The first-order chi connectivity index (χ1) is 11.5. The van der Waals surface area contributed by atoms with Gasteiger partial charge >= 0.3 is 0 Å². The van der Waals surface area contributed by atoms with Crippen LogP contribution in [0.4, 0.5) is 0 Å². The molecular weight excluding hydrogens is 304 g/mol. The number of carbonyl (C=O) groups excluding carboxylic acids is 2. The fourth-order valence-corrected chi connectivity index (χ4v) is 4.34. The number of aromatic nitrogens is 1. The second kappa shape index (κ2) is 6.91. The van der Waals surface area contributed by atoms with Gasteiger partial charge in [0, 0.05) is 49.7 Å². The highest BCUT2D eigenvalue weighted by Crippen LogP contribution is 2.35. The average Bonchev–Trinajstić information content (AvgIpc) is 2.54. The Morgan fingerprint density at radius 2 is 2.04 bits per heavy atom. The third-order valence-electron chi connectivity index (χ3n) is 5.31. The monoisotopic (exact) mass is 330 g/mol. The van der Waals surface area contributed by atoms with E-state index in [2.05, 4.69) is 0 Å². The molecule has 0 saturated carbocycles. The van der Waals surface area contributed by atoms with Crippen LogP contribution in [0.5, 0.6) is 0 Å². The van der Waals surface area contributed by atoms with E-state index in [-0.39, 0.29) is 29.1 Å². The molecule has 24 heavy (non-hydrogen) atoms. The summed E-state index contributed by atoms with van der Waals surface area (Å²) in [6.07, 6.45) is 3.05. The Morgan fingerprint density at radius 3 is 2.75 bits per heavy atom. The minimum Gasteiger partial charge on any atom is -0.341 e. The van der Waals surface area contributed by atoms with Crippen molar-refractivity contribution in [3.05, 3.63) is 34.2 Å². The van der Waals surface area contributed by atoms with Gasteiger partial charge in [0.1, 0.15) is 5.78 Å². The lowest BCUT2D eigenvalue weighted by molar-refractivity contribution is -0.140. The molecule has 1 fully saturated rings. The van der Waals surface area contributed by atoms with E-state index >= 15 is 0 Å². The molecule has 2 bridgehead atoms. The second-order valence-corrected chi connectivity index (χ2v) is 7.33. The van der Waals surface area contributed by atoms with Gasteiger partial charge in [0.15, 0.2) is 0 Å². The van der Waals surface area contributed by atoms with Crippen LogP contribution in [0.25, 0.3) is 0 Å². The lowest BCUT2D eigenvalue weighted by Crippen LogP contribution is -2.50. The van der Waals surface area contributed by atoms with Gasteiger partial charge in [0.2, 0.25) is 5.91 Å². The predicted octanol–water partition coefficient (Wildman–Crippen LogP) is 2.19. The third kappa shape index (κ3) is 3.30. The summed E-state index contributed by atoms with van der Waals surface area (Å²) in [5, 5.41) is 0. The Balaban J connectivity index is 1.79. The van der Waals surface area contributed by atoms with Crippen LogP contribution in [-0.2, 0) is 16.1 Å². The van der Waals surface area contributed by atoms with Gasteiger partial charge in [-0.3, -0.25) is 9.59 Å². The molecule has 1 amide bonds. The van der Waals surface area contributed by atoms with E-state index in [4.69, 9.17) is 0 Å². The summed E-state index contributed by atoms with van der Waals surface area (Å²) in [7, 11) is 0. The molecule has 3 rings (SSSR count). The predicted molar refractivity (Wildman–Crippen MR) is 91.8 cm³/mol. The first kappa shape index (κ1) is 16.9. The molecule has 3 heterocycles. The first-order valence-electron chi connectivity index (χ1n) is 8.97. The maximum absolute atomic E-state index is 12.9. The number of hydrogen-bond acceptors (Lipinski definition) is 3. The molecule has 3 atom stereocenters. The molecule has 5 heteroatoms. The number of hydrogen-bond donors (Lipinski definition) is 0. The van der Waals surface area contributed by atoms with Crippen LogP contribution in [-0.4, -0.2) is 34.2 Å². The normalized spacial score (nSPS) is 23.5. The highest BCUT2D eigenvalue weighted by Gasteiger charge is 2.37. The molecule has 2 aliphatic rings. The van der Waals surface area contributed by atoms with Gasteiger partial charge in [-0.1, -0.05) is 19.4 Å². The van der Waals surface area contributed by atoms with Crippen molar-refractivity contribution < 1.29 is 9.59 Å². The lowest BCUT2D eigenvalue weighted by Gasteiger charge is -2.43. The van der Waals surface area contributed by atoms with Crippen LogP contribution >= 0.6 is 0 Å². The van der Waals surface area contributed by atoms with Crippen molar-refractivity contribution >= 4 is 11.7 Å². The Labute approximate surface area is 142 Å². The van der Waals surface area contributed by atoms with Crippen LogP contribution < -0.4 is 5.56 Å². The van der Waals surface area contributed by atoms with E-state index in [0.717, 1.165) is 25.0 Å². The molecule has 130 valence electrons. The van der Waals surface area contributed by atoms with Crippen LogP contribution in [0, 0.1) is 11.8 Å². The van der Waals surface area contributed by atoms with Gasteiger partial charge in [-0.2, -0.15) is 0 Å².